The van der Waals surface area contributed by atoms with Crippen LogP contribution in [-0.4, -0.2) is 40.5 Å². The molecule has 0 unspecified atom stereocenters. The molecule has 1 atom stereocenters. The van der Waals surface area contributed by atoms with E-state index in [0.29, 0.717) is 0 Å². The van der Waals surface area contributed by atoms with Gasteiger partial charge in [-0.1, -0.05) is 18.5 Å². The van der Waals surface area contributed by atoms with E-state index in [2.05, 4.69) is 22.1 Å². The number of likely N-dealkylation sites (tertiary alicyclic amines) is 1. The Hall–Kier alpha value is -1.60. The number of rotatable bonds is 5. The van der Waals surface area contributed by atoms with Gasteiger partial charge >= 0.3 is 5.69 Å². The topological polar surface area (TPSA) is 97.3 Å². The molecule has 20 heavy (non-hydrogen) atoms. The highest BCUT2D eigenvalue weighted by Gasteiger charge is 2.28. The van der Waals surface area contributed by atoms with Crippen LogP contribution in [0.15, 0.2) is 6.20 Å². The lowest BCUT2D eigenvalue weighted by Crippen LogP contribution is -2.27. The maximum absolute atomic E-state index is 11.1. The van der Waals surface area contributed by atoms with Crippen LogP contribution in [0.1, 0.15) is 19.8 Å². The fraction of sp³-hybridized carbons (Fsp3) is 0.583. The van der Waals surface area contributed by atoms with Gasteiger partial charge in [0.1, 0.15) is 5.69 Å². The molecule has 0 saturated carbocycles. The molecule has 0 aliphatic carbocycles. The Morgan fingerprint density at radius 3 is 3.10 bits per heavy atom. The van der Waals surface area contributed by atoms with Crippen LogP contribution in [0, 0.1) is 10.1 Å². The van der Waals surface area contributed by atoms with E-state index < -0.39 is 4.92 Å². The zero-order chi connectivity index (χ0) is 14.7. The Morgan fingerprint density at radius 1 is 1.70 bits per heavy atom. The summed E-state index contributed by atoms with van der Waals surface area (Å²) in [6.45, 7) is 5.00. The average Bonchev–Trinajstić information content (AvgIpc) is 2.81. The van der Waals surface area contributed by atoms with E-state index in [1.54, 1.807) is 0 Å². The average molecular weight is 300 g/mol. The van der Waals surface area contributed by atoms with E-state index in [1.807, 2.05) is 0 Å². The van der Waals surface area contributed by atoms with Gasteiger partial charge in [0.05, 0.1) is 16.1 Å². The predicted octanol–water partition coefficient (Wildman–Crippen LogP) is 2.12. The van der Waals surface area contributed by atoms with Crippen molar-refractivity contribution in [2.45, 2.75) is 25.8 Å². The fourth-order valence-electron chi connectivity index (χ4n) is 2.49. The molecule has 7 nitrogen and oxygen atoms in total. The van der Waals surface area contributed by atoms with Gasteiger partial charge in [0, 0.05) is 19.1 Å². The van der Waals surface area contributed by atoms with Gasteiger partial charge in [-0.2, -0.15) is 0 Å². The van der Waals surface area contributed by atoms with Crippen molar-refractivity contribution in [3.8, 4) is 0 Å². The van der Waals surface area contributed by atoms with Crippen LogP contribution in [0.4, 0.5) is 17.2 Å². The van der Waals surface area contributed by atoms with E-state index in [0.717, 1.165) is 32.5 Å². The molecule has 1 aromatic heterocycles. The summed E-state index contributed by atoms with van der Waals surface area (Å²) in [6.07, 6.45) is 3.36. The number of aromatic nitrogens is 1. The molecule has 0 amide bonds. The van der Waals surface area contributed by atoms with Gasteiger partial charge in [-0.15, -0.1) is 0 Å². The van der Waals surface area contributed by atoms with Crippen LogP contribution in [0.25, 0.3) is 0 Å². The number of hydrogen-bond acceptors (Lipinski definition) is 6. The minimum atomic E-state index is -0.546. The largest absolute Gasteiger partial charge is 0.378 e. The number of nitrogens with zero attached hydrogens (tertiary/aromatic N) is 3. The highest BCUT2D eigenvalue weighted by Crippen LogP contribution is 2.36. The minimum Gasteiger partial charge on any atom is -0.378 e. The van der Waals surface area contributed by atoms with Crippen molar-refractivity contribution in [3.05, 3.63) is 21.3 Å². The Kier molecular flexibility index (Phi) is 4.61. The second-order valence-electron chi connectivity index (χ2n) is 4.90. The van der Waals surface area contributed by atoms with Crippen molar-refractivity contribution in [1.29, 1.82) is 0 Å². The van der Waals surface area contributed by atoms with Crippen LogP contribution in [-0.2, 0) is 0 Å². The van der Waals surface area contributed by atoms with E-state index in [-0.39, 0.29) is 28.3 Å². The number of hydrogen-bond donors (Lipinski definition) is 2. The monoisotopic (exact) mass is 299 g/mol. The molecule has 0 radical (unpaired) electrons. The Bertz CT molecular complexity index is 511. The number of nitrogens with one attached hydrogen (secondary N) is 1. The zero-order valence-corrected chi connectivity index (χ0v) is 12.1. The first-order chi connectivity index (χ1) is 9.52. The summed E-state index contributed by atoms with van der Waals surface area (Å²) in [7, 11) is 0. The molecule has 0 spiro atoms. The summed E-state index contributed by atoms with van der Waals surface area (Å²) in [5, 5.41) is 14.5. The lowest BCUT2D eigenvalue weighted by atomic mass is 10.2. The lowest BCUT2D eigenvalue weighted by molar-refractivity contribution is -0.383. The van der Waals surface area contributed by atoms with Gasteiger partial charge in [0.15, 0.2) is 0 Å². The molecule has 110 valence electrons. The van der Waals surface area contributed by atoms with Gasteiger partial charge in [0.25, 0.3) is 0 Å². The van der Waals surface area contributed by atoms with Crippen LogP contribution in [0.5, 0.6) is 0 Å². The summed E-state index contributed by atoms with van der Waals surface area (Å²) in [6, 6.07) is 0.138. The van der Waals surface area contributed by atoms with Crippen LogP contribution in [0.2, 0.25) is 5.02 Å². The van der Waals surface area contributed by atoms with Crippen molar-refractivity contribution in [2.75, 3.05) is 30.7 Å². The third-order valence-corrected chi connectivity index (χ3v) is 3.67. The van der Waals surface area contributed by atoms with Gasteiger partial charge < -0.3 is 16.0 Å². The lowest BCUT2D eigenvalue weighted by Gasteiger charge is -2.17. The molecule has 1 aliphatic heterocycles. The minimum absolute atomic E-state index is 0.120. The predicted molar refractivity (Wildman–Crippen MR) is 79.1 cm³/mol. The molecule has 0 bridgehead atoms. The molecule has 1 aliphatic rings. The number of pyridine rings is 1. The third-order valence-electron chi connectivity index (χ3n) is 3.38. The van der Waals surface area contributed by atoms with Crippen molar-refractivity contribution in [1.82, 2.24) is 9.88 Å². The maximum atomic E-state index is 11.1. The molecule has 2 heterocycles. The molecule has 1 fully saturated rings. The summed E-state index contributed by atoms with van der Waals surface area (Å²) < 4.78 is 0. The van der Waals surface area contributed by atoms with Gasteiger partial charge in [0.2, 0.25) is 5.82 Å². The summed E-state index contributed by atoms with van der Waals surface area (Å²) >= 11 is 6.02. The Morgan fingerprint density at radius 2 is 2.45 bits per heavy atom. The van der Waals surface area contributed by atoms with E-state index in [4.69, 9.17) is 17.3 Å². The first-order valence-corrected chi connectivity index (χ1v) is 6.98. The molecule has 1 saturated heterocycles. The molecule has 3 N–H and O–H groups in total. The maximum Gasteiger partial charge on any atom is 0.335 e. The first-order valence-electron chi connectivity index (χ1n) is 6.60. The number of nitrogens with two attached hydrogens (primary N) is 1. The van der Waals surface area contributed by atoms with E-state index in [9.17, 15) is 10.1 Å². The second-order valence-corrected chi connectivity index (χ2v) is 5.31. The SMILES string of the molecule is CCCN1CC[C@H](Nc2c(Cl)cnc(N)c2[N+](=O)[O-])C1. The first kappa shape index (κ1) is 14.8. The summed E-state index contributed by atoms with van der Waals surface area (Å²) in [4.78, 5) is 16.6. The highest BCUT2D eigenvalue weighted by atomic mass is 35.5. The van der Waals surface area contributed by atoms with Crippen LogP contribution < -0.4 is 11.1 Å². The molecule has 1 aromatic rings. The Balaban J connectivity index is 2.17. The fourth-order valence-corrected chi connectivity index (χ4v) is 2.68. The number of nitro groups is 1. The zero-order valence-electron chi connectivity index (χ0n) is 11.3. The molecule has 8 heteroatoms. The number of anilines is 2. The molecular formula is C12H18ClN5O2. The normalized spacial score (nSPS) is 19.2. The van der Waals surface area contributed by atoms with Crippen molar-refractivity contribution in [3.63, 3.8) is 0 Å². The molecular weight excluding hydrogens is 282 g/mol. The van der Waals surface area contributed by atoms with Crippen LogP contribution in [0.3, 0.4) is 0 Å². The summed E-state index contributed by atoms with van der Waals surface area (Å²) in [5.41, 5.74) is 5.61. The number of halogens is 1. The molecule has 0 aromatic carbocycles. The Labute approximate surface area is 122 Å². The van der Waals surface area contributed by atoms with Crippen LogP contribution >= 0.6 is 11.6 Å². The van der Waals surface area contributed by atoms with E-state index in [1.165, 1.54) is 6.20 Å². The van der Waals surface area contributed by atoms with Gasteiger partial charge in [-0.25, -0.2) is 4.98 Å². The quantitative estimate of drug-likeness (QED) is 0.638. The van der Waals surface area contributed by atoms with Gasteiger partial charge in [-0.05, 0) is 19.4 Å². The standard InChI is InChI=1S/C12H18ClN5O2/c1-2-4-17-5-3-8(7-17)16-10-9(13)6-15-12(14)11(10)18(19)20/h6,8H,2-5,7H2,1H3,(H3,14,15,16)/t8-/m0/s1. The second kappa shape index (κ2) is 6.23. The van der Waals surface area contributed by atoms with Crippen molar-refractivity contribution < 1.29 is 4.92 Å². The number of nitrogen functional groups attached to an aromatic ring is 1. The van der Waals surface area contributed by atoms with Gasteiger partial charge in [-0.3, -0.25) is 10.1 Å². The van der Waals surface area contributed by atoms with Crippen molar-refractivity contribution >= 4 is 28.8 Å². The third kappa shape index (κ3) is 3.10. The summed E-state index contributed by atoms with van der Waals surface area (Å²) in [5.74, 6) is -0.120. The molecule has 2 rings (SSSR count). The van der Waals surface area contributed by atoms with E-state index >= 15 is 0 Å². The van der Waals surface area contributed by atoms with Crippen molar-refractivity contribution in [2.24, 2.45) is 0 Å². The smallest absolute Gasteiger partial charge is 0.335 e. The highest BCUT2D eigenvalue weighted by molar-refractivity contribution is 6.33.